The molecular weight excluding hydrogens is 140 g/mol. The van der Waals surface area contributed by atoms with Gasteiger partial charge in [-0.3, -0.25) is 0 Å². The first-order chi connectivity index (χ1) is 5.37. The highest BCUT2D eigenvalue weighted by atomic mass is 15.5. The highest BCUT2D eigenvalue weighted by Crippen LogP contribution is 2.36. The Morgan fingerprint density at radius 1 is 1.36 bits per heavy atom. The van der Waals surface area contributed by atoms with Gasteiger partial charge >= 0.3 is 0 Å². The van der Waals surface area contributed by atoms with Gasteiger partial charge in [-0.25, -0.2) is 0 Å². The summed E-state index contributed by atoms with van der Waals surface area (Å²) in [7, 11) is 0. The Morgan fingerprint density at radius 2 is 2.00 bits per heavy atom. The van der Waals surface area contributed by atoms with Crippen LogP contribution < -0.4 is 0 Å². The lowest BCUT2D eigenvalue weighted by Gasteiger charge is -2.33. The predicted molar refractivity (Wildman–Crippen MR) is 37.5 cm³/mol. The second-order valence-corrected chi connectivity index (χ2v) is 2.82. The van der Waals surface area contributed by atoms with Gasteiger partial charge in [-0.15, -0.1) is 0 Å². The Morgan fingerprint density at radius 3 is 2.36 bits per heavy atom. The van der Waals surface area contributed by atoms with E-state index in [0.29, 0.717) is 0 Å². The van der Waals surface area contributed by atoms with Crippen LogP contribution >= 0.6 is 0 Å². The Hall–Kier alpha value is -1.37. The zero-order valence-electron chi connectivity index (χ0n) is 6.06. The van der Waals surface area contributed by atoms with E-state index in [0.717, 1.165) is 19.3 Å². The smallest absolute Gasteiger partial charge is 0.168 e. The maximum atomic E-state index is 8.86. The van der Waals surface area contributed by atoms with Gasteiger partial charge in [0.2, 0.25) is 0 Å². The lowest BCUT2D eigenvalue weighted by Crippen LogP contribution is -2.40. The number of aromatic nitrogens is 3. The molecule has 0 bridgehead atoms. The van der Waals surface area contributed by atoms with Crippen molar-refractivity contribution in [1.29, 1.82) is 5.26 Å². The van der Waals surface area contributed by atoms with Crippen LogP contribution in [0.25, 0.3) is 0 Å². The Bertz CT molecular complexity index is 278. The van der Waals surface area contributed by atoms with Gasteiger partial charge in [0.05, 0.1) is 18.5 Å². The number of rotatable bonds is 1. The van der Waals surface area contributed by atoms with Crippen LogP contribution in [0.3, 0.4) is 0 Å². The first-order valence-corrected chi connectivity index (χ1v) is 3.65. The minimum Gasteiger partial charge on any atom is -0.196 e. The molecule has 4 nitrogen and oxygen atoms in total. The zero-order chi connectivity index (χ0) is 7.73. The molecule has 1 aromatic heterocycles. The molecule has 0 aromatic carbocycles. The summed E-state index contributed by atoms with van der Waals surface area (Å²) < 4.78 is 0. The van der Waals surface area contributed by atoms with Crippen molar-refractivity contribution in [2.24, 2.45) is 0 Å². The second-order valence-electron chi connectivity index (χ2n) is 2.82. The van der Waals surface area contributed by atoms with E-state index < -0.39 is 5.54 Å². The molecule has 0 radical (unpaired) electrons. The molecular formula is C7H8N4. The Balaban J connectivity index is 2.34. The molecule has 0 N–H and O–H groups in total. The van der Waals surface area contributed by atoms with Crippen LogP contribution in [0.15, 0.2) is 12.4 Å². The largest absolute Gasteiger partial charge is 0.196 e. The van der Waals surface area contributed by atoms with Crippen molar-refractivity contribution in [3.63, 3.8) is 0 Å². The van der Waals surface area contributed by atoms with Crippen molar-refractivity contribution >= 4 is 0 Å². The Kier molecular flexibility index (Phi) is 1.19. The van der Waals surface area contributed by atoms with Gasteiger partial charge in [0.25, 0.3) is 0 Å². The molecule has 0 amide bonds. The number of nitrogens with zero attached hydrogens (tertiary/aromatic N) is 4. The normalized spacial score (nSPS) is 20.3. The summed E-state index contributed by atoms with van der Waals surface area (Å²) in [6.45, 7) is 0. The summed E-state index contributed by atoms with van der Waals surface area (Å²) in [5.74, 6) is 0. The van der Waals surface area contributed by atoms with Crippen LogP contribution in [0, 0.1) is 11.3 Å². The van der Waals surface area contributed by atoms with Crippen molar-refractivity contribution in [3.8, 4) is 6.07 Å². The quantitative estimate of drug-likeness (QED) is 0.588. The SMILES string of the molecule is N#CC1(n2nccn2)CCC1. The molecule has 1 fully saturated rings. The summed E-state index contributed by atoms with van der Waals surface area (Å²) in [5, 5.41) is 16.8. The molecule has 2 rings (SSSR count). The average molecular weight is 148 g/mol. The van der Waals surface area contributed by atoms with E-state index in [9.17, 15) is 0 Å². The molecule has 56 valence electrons. The van der Waals surface area contributed by atoms with Crippen molar-refractivity contribution in [3.05, 3.63) is 12.4 Å². The molecule has 1 aliphatic carbocycles. The van der Waals surface area contributed by atoms with Gasteiger partial charge in [0.15, 0.2) is 5.54 Å². The summed E-state index contributed by atoms with van der Waals surface area (Å²) in [5.41, 5.74) is -0.413. The van der Waals surface area contributed by atoms with Crippen LogP contribution in [0.1, 0.15) is 19.3 Å². The molecule has 0 spiro atoms. The van der Waals surface area contributed by atoms with E-state index >= 15 is 0 Å². The number of hydrogen-bond acceptors (Lipinski definition) is 3. The van der Waals surface area contributed by atoms with E-state index in [1.165, 1.54) is 4.80 Å². The van der Waals surface area contributed by atoms with Crippen LogP contribution in [-0.2, 0) is 5.54 Å². The fourth-order valence-corrected chi connectivity index (χ4v) is 1.30. The van der Waals surface area contributed by atoms with E-state index in [-0.39, 0.29) is 0 Å². The molecule has 0 atom stereocenters. The molecule has 0 aliphatic heterocycles. The summed E-state index contributed by atoms with van der Waals surface area (Å²) in [6.07, 6.45) is 6.10. The maximum Gasteiger partial charge on any atom is 0.168 e. The number of nitriles is 1. The van der Waals surface area contributed by atoms with Crippen molar-refractivity contribution in [2.75, 3.05) is 0 Å². The Labute approximate surface area is 64.4 Å². The van der Waals surface area contributed by atoms with Gasteiger partial charge in [0.1, 0.15) is 0 Å². The lowest BCUT2D eigenvalue weighted by molar-refractivity contribution is 0.173. The molecule has 1 saturated carbocycles. The van der Waals surface area contributed by atoms with Gasteiger partial charge < -0.3 is 0 Å². The zero-order valence-corrected chi connectivity index (χ0v) is 6.06. The molecule has 0 unspecified atom stereocenters. The molecule has 1 aromatic rings. The fourth-order valence-electron chi connectivity index (χ4n) is 1.30. The summed E-state index contributed by atoms with van der Waals surface area (Å²) in [6, 6.07) is 2.26. The minimum atomic E-state index is -0.413. The third kappa shape index (κ3) is 0.741. The van der Waals surface area contributed by atoms with Crippen molar-refractivity contribution in [1.82, 2.24) is 15.0 Å². The fraction of sp³-hybridized carbons (Fsp3) is 0.571. The van der Waals surface area contributed by atoms with Crippen LogP contribution in [0.2, 0.25) is 0 Å². The number of hydrogen-bond donors (Lipinski definition) is 0. The van der Waals surface area contributed by atoms with Gasteiger partial charge in [-0.05, 0) is 19.3 Å². The van der Waals surface area contributed by atoms with Crippen LogP contribution in [-0.4, -0.2) is 15.0 Å². The molecule has 11 heavy (non-hydrogen) atoms. The summed E-state index contributed by atoms with van der Waals surface area (Å²) >= 11 is 0. The monoisotopic (exact) mass is 148 g/mol. The standard InChI is InChI=1S/C7H8N4/c8-6-7(2-1-3-7)11-9-4-5-10-11/h4-5H,1-3H2. The predicted octanol–water partition coefficient (Wildman–Crippen LogP) is 0.681. The highest BCUT2D eigenvalue weighted by molar-refractivity contribution is 5.07. The minimum absolute atomic E-state index is 0.413. The van der Waals surface area contributed by atoms with Crippen LogP contribution in [0.4, 0.5) is 0 Å². The molecule has 1 heterocycles. The van der Waals surface area contributed by atoms with E-state index in [4.69, 9.17) is 5.26 Å². The molecule has 0 saturated heterocycles. The highest BCUT2D eigenvalue weighted by Gasteiger charge is 2.40. The molecule has 1 aliphatic rings. The first kappa shape index (κ1) is 6.35. The van der Waals surface area contributed by atoms with E-state index in [2.05, 4.69) is 16.3 Å². The first-order valence-electron chi connectivity index (χ1n) is 3.65. The maximum absolute atomic E-state index is 8.86. The summed E-state index contributed by atoms with van der Waals surface area (Å²) in [4.78, 5) is 1.52. The third-order valence-electron chi connectivity index (χ3n) is 2.19. The van der Waals surface area contributed by atoms with Crippen molar-refractivity contribution in [2.45, 2.75) is 24.8 Å². The average Bonchev–Trinajstić information content (AvgIpc) is 2.39. The molecule has 4 heteroatoms. The lowest BCUT2D eigenvalue weighted by atomic mass is 9.79. The van der Waals surface area contributed by atoms with E-state index in [1.54, 1.807) is 12.4 Å². The van der Waals surface area contributed by atoms with Crippen LogP contribution in [0.5, 0.6) is 0 Å². The van der Waals surface area contributed by atoms with Gasteiger partial charge in [-0.1, -0.05) is 0 Å². The third-order valence-corrected chi connectivity index (χ3v) is 2.19. The van der Waals surface area contributed by atoms with Crippen molar-refractivity contribution < 1.29 is 0 Å². The topological polar surface area (TPSA) is 54.5 Å². The second kappa shape index (κ2) is 2.06. The van der Waals surface area contributed by atoms with Gasteiger partial charge in [-0.2, -0.15) is 20.3 Å². The van der Waals surface area contributed by atoms with E-state index in [1.807, 2.05) is 0 Å². The van der Waals surface area contributed by atoms with Gasteiger partial charge in [0, 0.05) is 0 Å².